The zero-order valence-electron chi connectivity index (χ0n) is 21.2. The summed E-state index contributed by atoms with van der Waals surface area (Å²) in [4.78, 5) is 25.2. The van der Waals surface area contributed by atoms with Gasteiger partial charge in [0.1, 0.15) is 11.8 Å². The predicted octanol–water partition coefficient (Wildman–Crippen LogP) is 2.85. The second kappa shape index (κ2) is 12.1. The summed E-state index contributed by atoms with van der Waals surface area (Å²) in [6, 6.07) is 8.26. The molecule has 5 atom stereocenters. The van der Waals surface area contributed by atoms with Gasteiger partial charge in [0, 0.05) is 7.05 Å². The van der Waals surface area contributed by atoms with E-state index in [0.29, 0.717) is 29.2 Å². The van der Waals surface area contributed by atoms with E-state index in [2.05, 4.69) is 31.3 Å². The van der Waals surface area contributed by atoms with Gasteiger partial charge in [-0.15, -0.1) is 6.42 Å². The number of ether oxygens (including phenoxy) is 2. The number of imidazole rings is 1. The van der Waals surface area contributed by atoms with Crippen LogP contribution in [0.1, 0.15) is 26.5 Å². The van der Waals surface area contributed by atoms with Crippen LogP contribution in [0.4, 0.5) is 11.8 Å². The number of para-hydroxylation sites is 1. The molecule has 1 aliphatic rings. The van der Waals surface area contributed by atoms with E-state index < -0.39 is 31.0 Å². The summed E-state index contributed by atoms with van der Waals surface area (Å²) in [7, 11) is 1.72. The molecule has 0 radical (unpaired) electrons. The molecule has 14 heteroatoms. The molecule has 0 aliphatic carbocycles. The van der Waals surface area contributed by atoms with E-state index in [4.69, 9.17) is 42.5 Å². The van der Waals surface area contributed by atoms with Crippen molar-refractivity contribution in [1.29, 1.82) is 0 Å². The minimum atomic E-state index is -3.21. The molecule has 1 saturated heterocycles. The molecular weight excluding hydrogens is 529 g/mol. The van der Waals surface area contributed by atoms with Crippen LogP contribution in [0.3, 0.4) is 0 Å². The Kier molecular flexibility index (Phi) is 8.81. The lowest BCUT2D eigenvalue weighted by Gasteiger charge is -2.27. The smallest absolute Gasteiger partial charge is 0.323 e. The average molecular weight is 560 g/mol. The van der Waals surface area contributed by atoms with E-state index in [1.165, 1.54) is 0 Å². The number of hydrogen-bond acceptors (Lipinski definition) is 11. The number of aromatic nitrogens is 4. The van der Waals surface area contributed by atoms with Crippen molar-refractivity contribution in [3.05, 3.63) is 36.7 Å². The highest BCUT2D eigenvalue weighted by molar-refractivity contribution is 8.09. The van der Waals surface area contributed by atoms with Crippen LogP contribution in [0.25, 0.3) is 11.2 Å². The van der Waals surface area contributed by atoms with Crippen LogP contribution in [-0.2, 0) is 30.6 Å². The highest BCUT2D eigenvalue weighted by Gasteiger charge is 2.38. The summed E-state index contributed by atoms with van der Waals surface area (Å²) in [6.45, 7) is 0.491. The van der Waals surface area contributed by atoms with Crippen molar-refractivity contribution < 1.29 is 23.3 Å². The van der Waals surface area contributed by atoms with E-state index >= 15 is 0 Å². The van der Waals surface area contributed by atoms with Crippen LogP contribution in [-0.4, -0.2) is 57.9 Å². The van der Waals surface area contributed by atoms with Gasteiger partial charge in [-0.1, -0.05) is 24.1 Å². The Hall–Kier alpha value is -3.27. The van der Waals surface area contributed by atoms with Crippen molar-refractivity contribution in [3.63, 3.8) is 0 Å². The number of esters is 1. The van der Waals surface area contributed by atoms with Crippen molar-refractivity contribution in [2.75, 3.05) is 31.3 Å². The molecule has 202 valence electrons. The number of nitrogens with one attached hydrogen (secondary N) is 2. The largest absolute Gasteiger partial charge is 0.465 e. The van der Waals surface area contributed by atoms with Crippen molar-refractivity contribution in [3.8, 4) is 18.1 Å². The number of carbonyl (C=O) groups is 1. The minimum absolute atomic E-state index is 0.0762. The number of nitrogens with zero attached hydrogens (tertiary/aromatic N) is 4. The van der Waals surface area contributed by atoms with Crippen molar-refractivity contribution >= 4 is 47.3 Å². The molecule has 2 aromatic heterocycles. The summed E-state index contributed by atoms with van der Waals surface area (Å²) in [5, 5.41) is 5.98. The number of anilines is 2. The first-order chi connectivity index (χ1) is 18.3. The van der Waals surface area contributed by atoms with Gasteiger partial charge in [0.15, 0.2) is 23.2 Å². The third-order valence-electron chi connectivity index (χ3n) is 5.75. The molecule has 0 unspecified atom stereocenters. The predicted molar refractivity (Wildman–Crippen MR) is 147 cm³/mol. The molecule has 38 heavy (non-hydrogen) atoms. The second-order valence-corrected chi connectivity index (χ2v) is 11.6. The lowest BCUT2D eigenvalue weighted by Crippen LogP contribution is -2.35. The second-order valence-electron chi connectivity index (χ2n) is 8.46. The van der Waals surface area contributed by atoms with E-state index in [1.807, 2.05) is 18.2 Å². The van der Waals surface area contributed by atoms with Gasteiger partial charge in [-0.2, -0.15) is 9.97 Å². The molecule has 4 rings (SSSR count). The SMILES string of the molecule is C#C[C@H]1C[C@@H](CO[P@@](=S)(N[C@H](C)C(=O)OCC)Oc2ccccc2)O[C@H]1n1cnc2c(NC)nc(N)nc21. The summed E-state index contributed by atoms with van der Waals surface area (Å²) in [6.07, 6.45) is 6.98. The maximum absolute atomic E-state index is 12.3. The van der Waals surface area contributed by atoms with E-state index in [9.17, 15) is 4.79 Å². The molecule has 1 aliphatic heterocycles. The normalized spacial score (nSPS) is 21.4. The first-order valence-corrected chi connectivity index (χ1v) is 14.6. The molecule has 0 saturated carbocycles. The van der Waals surface area contributed by atoms with Crippen LogP contribution in [0.15, 0.2) is 36.7 Å². The van der Waals surface area contributed by atoms with E-state index in [1.54, 1.807) is 43.9 Å². The lowest BCUT2D eigenvalue weighted by molar-refractivity contribution is -0.144. The maximum Gasteiger partial charge on any atom is 0.323 e. The molecule has 0 bridgehead atoms. The van der Waals surface area contributed by atoms with Gasteiger partial charge in [0.05, 0.1) is 31.6 Å². The molecular formula is C24H30N7O5PS. The number of rotatable bonds is 11. The fourth-order valence-corrected chi connectivity index (χ4v) is 6.44. The molecule has 12 nitrogen and oxygen atoms in total. The highest BCUT2D eigenvalue weighted by atomic mass is 32.5. The summed E-state index contributed by atoms with van der Waals surface area (Å²) in [5.74, 6) is 3.15. The molecule has 1 fully saturated rings. The van der Waals surface area contributed by atoms with E-state index in [0.717, 1.165) is 0 Å². The maximum atomic E-state index is 12.3. The molecule has 0 spiro atoms. The number of fused-ring (bicyclic) bond motifs is 1. The Bertz CT molecular complexity index is 1370. The third kappa shape index (κ3) is 6.23. The first-order valence-electron chi connectivity index (χ1n) is 12.0. The Balaban J connectivity index is 1.52. The fourth-order valence-electron chi connectivity index (χ4n) is 4.01. The van der Waals surface area contributed by atoms with Gasteiger partial charge in [-0.3, -0.25) is 9.36 Å². The lowest BCUT2D eigenvalue weighted by atomic mass is 10.0. The standard InChI is InChI=1S/C24H30N7O5PS/c1-5-16-12-18(35-22(16)31-14-27-19-20(26-4)28-24(25)29-21(19)31)13-34-37(38,30-15(3)23(32)33-6-2)36-17-10-8-7-9-11-17/h1,7-11,14-16,18,22H,6,12-13H2,2-4H3,(H,30,38)(H3,25,26,28,29)/t15-,16+,18+,22-,37+/m1/s1. The monoisotopic (exact) mass is 559 g/mol. The van der Waals surface area contributed by atoms with Gasteiger partial charge >= 0.3 is 12.6 Å². The van der Waals surface area contributed by atoms with Crippen LogP contribution in [0.5, 0.6) is 5.75 Å². The number of nitrogens with two attached hydrogens (primary N) is 1. The van der Waals surface area contributed by atoms with Gasteiger partial charge < -0.3 is 29.6 Å². The fraction of sp³-hybridized carbons (Fsp3) is 0.417. The molecule has 1 aromatic carbocycles. The number of nitrogen functional groups attached to an aromatic ring is 1. The zero-order chi connectivity index (χ0) is 27.3. The summed E-state index contributed by atoms with van der Waals surface area (Å²) >= 11 is 5.77. The zero-order valence-corrected chi connectivity index (χ0v) is 22.9. The number of carbonyl (C=O) groups excluding carboxylic acids is 1. The van der Waals surface area contributed by atoms with Crippen LogP contribution in [0, 0.1) is 18.3 Å². The molecule has 3 heterocycles. The van der Waals surface area contributed by atoms with Gasteiger partial charge in [-0.25, -0.2) is 10.1 Å². The Morgan fingerprint density at radius 3 is 2.84 bits per heavy atom. The Morgan fingerprint density at radius 2 is 2.16 bits per heavy atom. The Morgan fingerprint density at radius 1 is 1.39 bits per heavy atom. The molecule has 4 N–H and O–H groups in total. The minimum Gasteiger partial charge on any atom is -0.465 e. The quantitative estimate of drug-likeness (QED) is 0.180. The molecule has 0 amide bonds. The Labute approximate surface area is 225 Å². The van der Waals surface area contributed by atoms with Crippen molar-refractivity contribution in [1.82, 2.24) is 24.6 Å². The topological polar surface area (TPSA) is 148 Å². The van der Waals surface area contributed by atoms with Crippen LogP contribution >= 0.6 is 6.64 Å². The van der Waals surface area contributed by atoms with E-state index in [-0.39, 0.29) is 25.1 Å². The summed E-state index contributed by atoms with van der Waals surface area (Å²) in [5.41, 5.74) is 6.94. The van der Waals surface area contributed by atoms with Gasteiger partial charge in [0.25, 0.3) is 0 Å². The third-order valence-corrected chi connectivity index (χ3v) is 8.25. The van der Waals surface area contributed by atoms with Crippen molar-refractivity contribution in [2.45, 2.75) is 38.6 Å². The van der Waals surface area contributed by atoms with Crippen LogP contribution < -0.4 is 20.7 Å². The van der Waals surface area contributed by atoms with Crippen molar-refractivity contribution in [2.24, 2.45) is 5.92 Å². The van der Waals surface area contributed by atoms with Gasteiger partial charge in [0.2, 0.25) is 5.95 Å². The molecule has 3 aromatic rings. The van der Waals surface area contributed by atoms with Gasteiger partial charge in [-0.05, 0) is 44.2 Å². The average Bonchev–Trinajstić information content (AvgIpc) is 3.51. The first kappa shape index (κ1) is 27.8. The highest BCUT2D eigenvalue weighted by Crippen LogP contribution is 2.47. The number of benzene rings is 1. The van der Waals surface area contributed by atoms with Crippen LogP contribution in [0.2, 0.25) is 0 Å². The summed E-state index contributed by atoms with van der Waals surface area (Å²) < 4.78 is 25.3. The number of hydrogen-bond donors (Lipinski definition) is 3. The number of terminal acetylenes is 1.